The zero-order valence-corrected chi connectivity index (χ0v) is 17.9. The number of nitrogens with zero attached hydrogens (tertiary/aromatic N) is 3. The SMILES string of the molecule is CC12CC3CN(C(=O)N4CCS(=O)(=O)CC4)C1C2N(c1ccc2c(c1)OCCO2)C3. The number of hydrogen-bond acceptors (Lipinski definition) is 6. The van der Waals surface area contributed by atoms with Crippen molar-refractivity contribution >= 4 is 21.6 Å². The third-order valence-electron chi connectivity index (χ3n) is 7.57. The molecule has 4 atom stereocenters. The van der Waals surface area contributed by atoms with Gasteiger partial charge in [-0.1, -0.05) is 6.92 Å². The van der Waals surface area contributed by atoms with Gasteiger partial charge in [0.1, 0.15) is 13.2 Å². The first-order chi connectivity index (χ1) is 14.4. The molecule has 30 heavy (non-hydrogen) atoms. The van der Waals surface area contributed by atoms with Crippen LogP contribution in [0.25, 0.3) is 0 Å². The van der Waals surface area contributed by atoms with Gasteiger partial charge in [0.25, 0.3) is 0 Å². The number of piperidine rings is 2. The van der Waals surface area contributed by atoms with Crippen molar-refractivity contribution in [2.45, 2.75) is 25.4 Å². The van der Waals surface area contributed by atoms with Gasteiger partial charge in [0.2, 0.25) is 0 Å². The molecule has 4 heterocycles. The fourth-order valence-electron chi connectivity index (χ4n) is 6.16. The number of carbonyl (C=O) groups is 1. The van der Waals surface area contributed by atoms with Crippen LogP contribution in [0, 0.1) is 11.3 Å². The monoisotopic (exact) mass is 433 g/mol. The second-order valence-corrected chi connectivity index (χ2v) is 11.8. The van der Waals surface area contributed by atoms with Crippen molar-refractivity contribution < 1.29 is 22.7 Å². The summed E-state index contributed by atoms with van der Waals surface area (Å²) in [6.45, 7) is 5.73. The quantitative estimate of drug-likeness (QED) is 0.662. The van der Waals surface area contributed by atoms with Gasteiger partial charge in [-0.2, -0.15) is 0 Å². The van der Waals surface area contributed by atoms with Crippen LogP contribution in [0.4, 0.5) is 10.5 Å². The first kappa shape index (κ1) is 18.6. The Labute approximate surface area is 176 Å². The molecule has 1 aromatic carbocycles. The summed E-state index contributed by atoms with van der Waals surface area (Å²) in [6.07, 6.45) is 1.14. The molecule has 2 amide bonds. The normalized spacial score (nSPS) is 35.8. The molecule has 4 unspecified atom stereocenters. The summed E-state index contributed by atoms with van der Waals surface area (Å²) in [5, 5.41) is 0. The number of urea groups is 1. The molecule has 4 aliphatic heterocycles. The number of benzene rings is 1. The second kappa shape index (κ2) is 6.18. The number of ether oxygens (including phenoxy) is 2. The lowest BCUT2D eigenvalue weighted by Gasteiger charge is -2.41. The van der Waals surface area contributed by atoms with Crippen LogP contribution < -0.4 is 14.4 Å². The Bertz CT molecular complexity index is 1000. The Morgan fingerprint density at radius 2 is 1.80 bits per heavy atom. The van der Waals surface area contributed by atoms with Gasteiger partial charge >= 0.3 is 6.03 Å². The fraction of sp³-hybridized carbons (Fsp3) is 0.667. The van der Waals surface area contributed by atoms with Crippen LogP contribution in [-0.4, -0.2) is 87.2 Å². The molecule has 3 saturated heterocycles. The van der Waals surface area contributed by atoms with E-state index in [4.69, 9.17) is 9.47 Å². The first-order valence-electron chi connectivity index (χ1n) is 10.8. The third-order valence-corrected chi connectivity index (χ3v) is 9.18. The van der Waals surface area contributed by atoms with Gasteiger partial charge in [-0.05, 0) is 24.5 Å². The van der Waals surface area contributed by atoms with Gasteiger partial charge < -0.3 is 24.2 Å². The highest BCUT2D eigenvalue weighted by atomic mass is 32.2. The van der Waals surface area contributed by atoms with Crippen molar-refractivity contribution in [3.63, 3.8) is 0 Å². The van der Waals surface area contributed by atoms with Gasteiger partial charge in [-0.15, -0.1) is 0 Å². The largest absolute Gasteiger partial charge is 0.486 e. The van der Waals surface area contributed by atoms with E-state index in [-0.39, 0.29) is 35.0 Å². The van der Waals surface area contributed by atoms with Crippen LogP contribution in [-0.2, 0) is 9.84 Å². The molecule has 6 rings (SSSR count). The summed E-state index contributed by atoms with van der Waals surface area (Å²) in [5.41, 5.74) is 1.22. The molecule has 1 aromatic rings. The smallest absolute Gasteiger partial charge is 0.320 e. The third kappa shape index (κ3) is 2.70. The van der Waals surface area contributed by atoms with Crippen LogP contribution in [0.5, 0.6) is 11.5 Å². The van der Waals surface area contributed by atoms with Crippen molar-refractivity contribution in [3.8, 4) is 11.5 Å². The molecule has 0 N–H and O–H groups in total. The van der Waals surface area contributed by atoms with E-state index in [1.54, 1.807) is 4.90 Å². The van der Waals surface area contributed by atoms with E-state index in [1.165, 1.54) is 0 Å². The van der Waals surface area contributed by atoms with Gasteiger partial charge in [0.15, 0.2) is 21.3 Å². The molecule has 4 fully saturated rings. The van der Waals surface area contributed by atoms with Crippen molar-refractivity contribution in [2.24, 2.45) is 11.3 Å². The second-order valence-electron chi connectivity index (χ2n) is 9.52. The van der Waals surface area contributed by atoms with E-state index >= 15 is 0 Å². The van der Waals surface area contributed by atoms with Gasteiger partial charge in [0.05, 0.1) is 23.6 Å². The van der Waals surface area contributed by atoms with Gasteiger partial charge in [0, 0.05) is 43.3 Å². The van der Waals surface area contributed by atoms with Crippen LogP contribution in [0.15, 0.2) is 18.2 Å². The molecule has 0 spiro atoms. The molecule has 8 nitrogen and oxygen atoms in total. The number of anilines is 1. The zero-order valence-electron chi connectivity index (χ0n) is 17.1. The summed E-state index contributed by atoms with van der Waals surface area (Å²) in [4.78, 5) is 19.5. The topological polar surface area (TPSA) is 79.4 Å². The van der Waals surface area contributed by atoms with Gasteiger partial charge in [-0.25, -0.2) is 13.2 Å². The van der Waals surface area contributed by atoms with Crippen LogP contribution in [0.1, 0.15) is 13.3 Å². The summed E-state index contributed by atoms with van der Waals surface area (Å²) < 4.78 is 35.0. The highest BCUT2D eigenvalue weighted by molar-refractivity contribution is 7.91. The fourth-order valence-corrected chi connectivity index (χ4v) is 7.36. The highest BCUT2D eigenvalue weighted by Gasteiger charge is 2.72. The zero-order chi connectivity index (χ0) is 20.7. The summed E-state index contributed by atoms with van der Waals surface area (Å²) in [6, 6.07) is 6.62. The molecule has 5 aliphatic rings. The van der Waals surface area contributed by atoms with E-state index in [1.807, 2.05) is 11.0 Å². The van der Waals surface area contributed by atoms with Crippen LogP contribution in [0.3, 0.4) is 0 Å². The summed E-state index contributed by atoms with van der Waals surface area (Å²) in [7, 11) is -3.00. The Morgan fingerprint density at radius 3 is 2.57 bits per heavy atom. The Hall–Kier alpha value is -2.16. The maximum atomic E-state index is 13.3. The van der Waals surface area contributed by atoms with Crippen molar-refractivity contribution in [3.05, 3.63) is 18.2 Å². The maximum Gasteiger partial charge on any atom is 0.320 e. The van der Waals surface area contributed by atoms with Crippen molar-refractivity contribution in [2.75, 3.05) is 55.8 Å². The molecule has 0 radical (unpaired) electrons. The predicted octanol–water partition coefficient (Wildman–Crippen LogP) is 1.21. The number of rotatable bonds is 1. The highest BCUT2D eigenvalue weighted by Crippen LogP contribution is 2.63. The summed E-state index contributed by atoms with van der Waals surface area (Å²) in [5.74, 6) is 2.15. The first-order valence-corrected chi connectivity index (χ1v) is 12.6. The molecule has 9 heteroatoms. The number of hydrogen-bond donors (Lipinski definition) is 0. The number of amides is 2. The van der Waals surface area contributed by atoms with Crippen LogP contribution >= 0.6 is 0 Å². The minimum atomic E-state index is -3.00. The molecule has 0 aromatic heterocycles. The van der Waals surface area contributed by atoms with Crippen molar-refractivity contribution in [1.29, 1.82) is 0 Å². The van der Waals surface area contributed by atoms with E-state index in [2.05, 4.69) is 24.0 Å². The lowest BCUT2D eigenvalue weighted by Crippen LogP contribution is -2.53. The standard InChI is InChI=1S/C21H27N3O5S/c1-21-11-14-12-23(15-2-3-16-17(10-15)29-7-6-28-16)18(21)19(21)24(13-14)20(25)22-4-8-30(26,27)9-5-22/h2-3,10,14,18-19H,4-9,11-13H2,1H3. The maximum absolute atomic E-state index is 13.3. The minimum absolute atomic E-state index is 0.0114. The minimum Gasteiger partial charge on any atom is -0.486 e. The number of fused-ring (bicyclic) bond motifs is 3. The molecule has 2 bridgehead atoms. The van der Waals surface area contributed by atoms with Gasteiger partial charge in [-0.3, -0.25) is 0 Å². The Balaban J connectivity index is 1.25. The number of likely N-dealkylation sites (tertiary alicyclic amines) is 1. The molecular formula is C21H27N3O5S. The Kier molecular flexibility index (Phi) is 3.83. The van der Waals surface area contributed by atoms with E-state index < -0.39 is 9.84 Å². The van der Waals surface area contributed by atoms with E-state index in [9.17, 15) is 13.2 Å². The molecular weight excluding hydrogens is 406 g/mol. The van der Waals surface area contributed by atoms with E-state index in [0.29, 0.717) is 32.2 Å². The number of carbonyl (C=O) groups excluding carboxylic acids is 1. The lowest BCUT2D eigenvalue weighted by atomic mass is 9.85. The van der Waals surface area contributed by atoms with E-state index in [0.717, 1.165) is 36.7 Å². The average Bonchev–Trinajstić information content (AvgIpc) is 3.42. The summed E-state index contributed by atoms with van der Waals surface area (Å²) >= 11 is 0. The molecule has 162 valence electrons. The lowest BCUT2D eigenvalue weighted by molar-refractivity contribution is 0.112. The number of sulfone groups is 1. The predicted molar refractivity (Wildman–Crippen MR) is 111 cm³/mol. The van der Waals surface area contributed by atoms with Crippen molar-refractivity contribution in [1.82, 2.24) is 9.80 Å². The van der Waals surface area contributed by atoms with Crippen LogP contribution in [0.2, 0.25) is 0 Å². The average molecular weight is 434 g/mol. The molecule has 1 saturated carbocycles. The Morgan fingerprint density at radius 1 is 1.07 bits per heavy atom. The molecule has 1 aliphatic carbocycles.